The summed E-state index contributed by atoms with van der Waals surface area (Å²) in [5.41, 5.74) is 0. The van der Waals surface area contributed by atoms with Crippen LogP contribution < -0.4 is 12.4 Å². The smallest absolute Gasteiger partial charge is 0.115 e. The molecule has 0 bridgehead atoms. The second-order valence-corrected chi connectivity index (χ2v) is 4.18. The SMILES string of the molecule is C[N+](C)(C)[C@@H]1CCC[C@H]1O.[Cl-]. The van der Waals surface area contributed by atoms with Gasteiger partial charge in [-0.25, -0.2) is 0 Å². The summed E-state index contributed by atoms with van der Waals surface area (Å²) in [6.07, 6.45) is 3.33. The zero-order valence-electron chi connectivity index (χ0n) is 7.55. The number of nitrogens with zero attached hydrogens (tertiary/aromatic N) is 1. The fraction of sp³-hybridized carbons (Fsp3) is 1.00. The monoisotopic (exact) mass is 179 g/mol. The molecule has 0 aromatic rings. The third kappa shape index (κ3) is 2.62. The number of aliphatic hydroxyl groups excluding tert-OH is 1. The normalized spacial score (nSPS) is 31.6. The van der Waals surface area contributed by atoms with E-state index in [4.69, 9.17) is 0 Å². The van der Waals surface area contributed by atoms with Gasteiger partial charge in [0, 0.05) is 6.42 Å². The summed E-state index contributed by atoms with van der Waals surface area (Å²) < 4.78 is 0.904. The van der Waals surface area contributed by atoms with E-state index in [1.54, 1.807) is 0 Å². The van der Waals surface area contributed by atoms with Crippen molar-refractivity contribution in [3.63, 3.8) is 0 Å². The molecule has 1 N–H and O–H groups in total. The summed E-state index contributed by atoms with van der Waals surface area (Å²) in [7, 11) is 6.46. The molecular formula is C8H18ClNO. The van der Waals surface area contributed by atoms with Crippen LogP contribution in [-0.2, 0) is 0 Å². The molecule has 11 heavy (non-hydrogen) atoms. The van der Waals surface area contributed by atoms with Gasteiger partial charge in [-0.05, 0) is 12.8 Å². The first-order chi connectivity index (χ1) is 4.52. The van der Waals surface area contributed by atoms with Crippen LogP contribution >= 0.6 is 0 Å². The van der Waals surface area contributed by atoms with E-state index in [2.05, 4.69) is 21.1 Å². The molecule has 0 spiro atoms. The van der Waals surface area contributed by atoms with Crippen molar-refractivity contribution in [1.29, 1.82) is 0 Å². The third-order valence-electron chi connectivity index (χ3n) is 2.44. The standard InChI is InChI=1S/C8H18NO.ClH/c1-9(2,3)7-5-4-6-8(7)10;/h7-8,10H,4-6H2,1-3H3;1H/q+1;/p-1/t7-,8-;/m1./s1. The minimum Gasteiger partial charge on any atom is -1.00 e. The maximum atomic E-state index is 9.51. The second-order valence-electron chi connectivity index (χ2n) is 4.18. The minimum atomic E-state index is -0.0556. The average Bonchev–Trinajstić information content (AvgIpc) is 2.11. The van der Waals surface area contributed by atoms with E-state index in [0.717, 1.165) is 10.9 Å². The van der Waals surface area contributed by atoms with E-state index >= 15 is 0 Å². The first kappa shape index (κ1) is 11.2. The van der Waals surface area contributed by atoms with Crippen molar-refractivity contribution in [3.05, 3.63) is 0 Å². The van der Waals surface area contributed by atoms with Crippen LogP contribution in [0, 0.1) is 0 Å². The number of aliphatic hydroxyl groups is 1. The molecular weight excluding hydrogens is 162 g/mol. The molecule has 2 nitrogen and oxygen atoms in total. The molecule has 0 unspecified atom stereocenters. The van der Waals surface area contributed by atoms with E-state index in [9.17, 15) is 5.11 Å². The van der Waals surface area contributed by atoms with Gasteiger partial charge >= 0.3 is 0 Å². The Morgan fingerprint density at radius 2 is 1.73 bits per heavy atom. The van der Waals surface area contributed by atoms with Gasteiger partial charge in [-0.15, -0.1) is 0 Å². The summed E-state index contributed by atoms with van der Waals surface area (Å²) >= 11 is 0. The number of halogens is 1. The van der Waals surface area contributed by atoms with E-state index in [-0.39, 0.29) is 18.5 Å². The molecule has 0 aliphatic heterocycles. The zero-order valence-corrected chi connectivity index (χ0v) is 8.30. The molecule has 0 radical (unpaired) electrons. The van der Waals surface area contributed by atoms with E-state index in [1.807, 2.05) is 0 Å². The molecule has 0 aromatic heterocycles. The Morgan fingerprint density at radius 1 is 1.18 bits per heavy atom. The summed E-state index contributed by atoms with van der Waals surface area (Å²) in [6, 6.07) is 0.472. The van der Waals surface area contributed by atoms with Gasteiger partial charge in [-0.2, -0.15) is 0 Å². The maximum Gasteiger partial charge on any atom is 0.115 e. The van der Waals surface area contributed by atoms with Gasteiger partial charge in [0.2, 0.25) is 0 Å². The summed E-state index contributed by atoms with van der Waals surface area (Å²) in [5, 5.41) is 9.51. The van der Waals surface area contributed by atoms with Gasteiger partial charge < -0.3 is 22.0 Å². The molecule has 0 saturated heterocycles. The predicted molar refractivity (Wildman–Crippen MR) is 41.7 cm³/mol. The predicted octanol–water partition coefficient (Wildman–Crippen LogP) is -2.39. The first-order valence-electron chi connectivity index (χ1n) is 4.01. The largest absolute Gasteiger partial charge is 1.00 e. The van der Waals surface area contributed by atoms with Crippen molar-refractivity contribution < 1.29 is 22.0 Å². The van der Waals surface area contributed by atoms with Crippen LogP contribution in [0.15, 0.2) is 0 Å². The molecule has 1 fully saturated rings. The van der Waals surface area contributed by atoms with Crippen molar-refractivity contribution in [3.8, 4) is 0 Å². The number of hydrogen-bond donors (Lipinski definition) is 1. The number of quaternary nitrogens is 1. The summed E-state index contributed by atoms with van der Waals surface area (Å²) in [5.74, 6) is 0. The lowest BCUT2D eigenvalue weighted by Gasteiger charge is -2.33. The van der Waals surface area contributed by atoms with Gasteiger partial charge in [-0.1, -0.05) is 0 Å². The molecule has 68 valence electrons. The molecule has 1 aliphatic rings. The molecule has 1 saturated carbocycles. The van der Waals surface area contributed by atoms with E-state index < -0.39 is 0 Å². The van der Waals surface area contributed by atoms with E-state index in [1.165, 1.54) is 12.8 Å². The van der Waals surface area contributed by atoms with Gasteiger partial charge in [0.25, 0.3) is 0 Å². The van der Waals surface area contributed by atoms with Crippen molar-refractivity contribution in [2.75, 3.05) is 21.1 Å². The van der Waals surface area contributed by atoms with Crippen LogP contribution in [0.1, 0.15) is 19.3 Å². The van der Waals surface area contributed by atoms with Gasteiger partial charge in [0.05, 0.1) is 21.1 Å². The topological polar surface area (TPSA) is 20.2 Å². The van der Waals surface area contributed by atoms with Crippen LogP contribution in [0.5, 0.6) is 0 Å². The third-order valence-corrected chi connectivity index (χ3v) is 2.44. The molecule has 1 aliphatic carbocycles. The number of hydrogen-bond acceptors (Lipinski definition) is 1. The number of likely N-dealkylation sites (N-methyl/N-ethyl adjacent to an activating group) is 1. The Balaban J connectivity index is 0.000001000. The van der Waals surface area contributed by atoms with Crippen LogP contribution in [0.25, 0.3) is 0 Å². The fourth-order valence-electron chi connectivity index (χ4n) is 1.82. The van der Waals surface area contributed by atoms with Gasteiger partial charge in [-0.3, -0.25) is 0 Å². The lowest BCUT2D eigenvalue weighted by atomic mass is 10.2. The average molecular weight is 180 g/mol. The lowest BCUT2D eigenvalue weighted by molar-refractivity contribution is -0.898. The second kappa shape index (κ2) is 3.74. The van der Waals surface area contributed by atoms with Crippen LogP contribution in [-0.4, -0.2) is 42.9 Å². The summed E-state index contributed by atoms with van der Waals surface area (Å²) in [6.45, 7) is 0. The summed E-state index contributed by atoms with van der Waals surface area (Å²) in [4.78, 5) is 0. The molecule has 3 heteroatoms. The maximum absolute atomic E-state index is 9.51. The van der Waals surface area contributed by atoms with Crippen molar-refractivity contribution in [1.82, 2.24) is 0 Å². The highest BCUT2D eigenvalue weighted by Gasteiger charge is 2.35. The van der Waals surface area contributed by atoms with Crippen LogP contribution in [0.2, 0.25) is 0 Å². The molecule has 0 aromatic carbocycles. The minimum absolute atomic E-state index is 0. The molecule has 2 atom stereocenters. The van der Waals surface area contributed by atoms with Crippen LogP contribution in [0.3, 0.4) is 0 Å². The van der Waals surface area contributed by atoms with Crippen molar-refractivity contribution in [2.24, 2.45) is 0 Å². The van der Waals surface area contributed by atoms with Crippen molar-refractivity contribution in [2.45, 2.75) is 31.4 Å². The quantitative estimate of drug-likeness (QED) is 0.446. The lowest BCUT2D eigenvalue weighted by Crippen LogP contribution is -3.00. The Hall–Kier alpha value is 0.210. The Bertz CT molecular complexity index is 122. The fourth-order valence-corrected chi connectivity index (χ4v) is 1.82. The van der Waals surface area contributed by atoms with Gasteiger partial charge in [0.15, 0.2) is 0 Å². The first-order valence-corrected chi connectivity index (χ1v) is 4.01. The Morgan fingerprint density at radius 3 is 1.91 bits per heavy atom. The Kier molecular flexibility index (Phi) is 3.82. The molecule has 0 heterocycles. The zero-order chi connectivity index (χ0) is 7.78. The molecule has 0 amide bonds. The van der Waals surface area contributed by atoms with E-state index in [0.29, 0.717) is 6.04 Å². The van der Waals surface area contributed by atoms with Gasteiger partial charge in [0.1, 0.15) is 12.1 Å². The highest BCUT2D eigenvalue weighted by Crippen LogP contribution is 2.25. The highest BCUT2D eigenvalue weighted by molar-refractivity contribution is 4.76. The number of rotatable bonds is 1. The molecule has 1 rings (SSSR count). The van der Waals surface area contributed by atoms with Crippen LogP contribution in [0.4, 0.5) is 0 Å². The van der Waals surface area contributed by atoms with Crippen molar-refractivity contribution >= 4 is 0 Å². The Labute approximate surface area is 75.2 Å². The highest BCUT2D eigenvalue weighted by atomic mass is 35.5.